The zero-order chi connectivity index (χ0) is 11.1. The molecule has 0 saturated heterocycles. The smallest absolute Gasteiger partial charge is 0.142 e. The normalized spacial score (nSPS) is 12.2. The van der Waals surface area contributed by atoms with E-state index in [1.165, 1.54) is 0 Å². The van der Waals surface area contributed by atoms with Crippen LogP contribution >= 0.6 is 11.6 Å². The summed E-state index contributed by atoms with van der Waals surface area (Å²) in [4.78, 5) is 0. The van der Waals surface area contributed by atoms with Gasteiger partial charge in [-0.05, 0) is 19.1 Å². The van der Waals surface area contributed by atoms with E-state index in [4.69, 9.17) is 16.3 Å². The van der Waals surface area contributed by atoms with Gasteiger partial charge in [-0.15, -0.1) is 11.6 Å². The fraction of sp³-hybridized carbons (Fsp3) is 0.455. The highest BCUT2D eigenvalue weighted by atomic mass is 35.5. The van der Waals surface area contributed by atoms with E-state index in [9.17, 15) is 5.11 Å². The second-order valence-electron chi connectivity index (χ2n) is 3.12. The third kappa shape index (κ3) is 3.98. The van der Waals surface area contributed by atoms with Crippen molar-refractivity contribution in [1.82, 2.24) is 0 Å². The molecule has 1 aromatic carbocycles. The Morgan fingerprint density at radius 2 is 2.20 bits per heavy atom. The Labute approximate surface area is 95.0 Å². The first kappa shape index (κ1) is 12.1. The molecule has 1 rings (SSSR count). The Kier molecular flexibility index (Phi) is 5.29. The lowest BCUT2D eigenvalue weighted by molar-refractivity contribution is 0.211. The highest BCUT2D eigenvalue weighted by Crippen LogP contribution is 2.23. The fourth-order valence-electron chi connectivity index (χ4n) is 1.18. The molecule has 15 heavy (non-hydrogen) atoms. The maximum absolute atomic E-state index is 9.30. The Hall–Kier alpha value is -0.930. The molecule has 0 amide bonds. The van der Waals surface area contributed by atoms with Crippen LogP contribution in [0.25, 0.3) is 0 Å². The second-order valence-corrected chi connectivity index (χ2v) is 3.43. The van der Waals surface area contributed by atoms with E-state index in [-0.39, 0.29) is 5.88 Å². The van der Waals surface area contributed by atoms with Crippen molar-refractivity contribution in [2.24, 2.45) is 0 Å². The number of para-hydroxylation sites is 2. The topological polar surface area (TPSA) is 41.5 Å². The first-order valence-electron chi connectivity index (χ1n) is 4.97. The lowest BCUT2D eigenvalue weighted by atomic mass is 10.3. The molecule has 2 N–H and O–H groups in total. The Balaban J connectivity index is 2.58. The third-order valence-corrected chi connectivity index (χ3v) is 2.25. The van der Waals surface area contributed by atoms with Crippen LogP contribution in [-0.2, 0) is 0 Å². The van der Waals surface area contributed by atoms with E-state index in [1.54, 1.807) is 0 Å². The standard InChI is InChI=1S/C11H16ClNO2/c1-2-15-11-6-4-3-5-10(11)13-8-9(14)7-12/h3-6,9,13-14H,2,7-8H2,1H3. The summed E-state index contributed by atoms with van der Waals surface area (Å²) in [6.45, 7) is 2.98. The molecule has 0 fully saturated rings. The highest BCUT2D eigenvalue weighted by molar-refractivity contribution is 6.18. The quantitative estimate of drug-likeness (QED) is 0.734. The molecule has 0 aromatic heterocycles. The van der Waals surface area contributed by atoms with Crippen molar-refractivity contribution in [2.75, 3.05) is 24.3 Å². The van der Waals surface area contributed by atoms with Crippen LogP contribution in [0.3, 0.4) is 0 Å². The number of hydrogen-bond donors (Lipinski definition) is 2. The monoisotopic (exact) mass is 229 g/mol. The first-order valence-corrected chi connectivity index (χ1v) is 5.51. The summed E-state index contributed by atoms with van der Waals surface area (Å²) >= 11 is 5.50. The summed E-state index contributed by atoms with van der Waals surface area (Å²) in [6, 6.07) is 7.62. The van der Waals surface area contributed by atoms with Gasteiger partial charge in [0.15, 0.2) is 0 Å². The van der Waals surface area contributed by atoms with Crippen LogP contribution in [0.1, 0.15) is 6.92 Å². The second kappa shape index (κ2) is 6.53. The minimum Gasteiger partial charge on any atom is -0.492 e. The van der Waals surface area contributed by atoms with Gasteiger partial charge in [0.1, 0.15) is 5.75 Å². The van der Waals surface area contributed by atoms with E-state index < -0.39 is 6.10 Å². The van der Waals surface area contributed by atoms with Gasteiger partial charge < -0.3 is 15.2 Å². The van der Waals surface area contributed by atoms with Crippen molar-refractivity contribution in [3.05, 3.63) is 24.3 Å². The maximum atomic E-state index is 9.30. The largest absolute Gasteiger partial charge is 0.492 e. The molecule has 0 heterocycles. The SMILES string of the molecule is CCOc1ccccc1NCC(O)CCl. The molecular weight excluding hydrogens is 214 g/mol. The molecule has 1 unspecified atom stereocenters. The van der Waals surface area contributed by atoms with Crippen molar-refractivity contribution in [3.8, 4) is 5.75 Å². The van der Waals surface area contributed by atoms with Gasteiger partial charge in [0, 0.05) is 6.54 Å². The first-order chi connectivity index (χ1) is 7.27. The van der Waals surface area contributed by atoms with Crippen LogP contribution in [0.4, 0.5) is 5.69 Å². The van der Waals surface area contributed by atoms with Gasteiger partial charge in [-0.1, -0.05) is 12.1 Å². The van der Waals surface area contributed by atoms with Crippen LogP contribution < -0.4 is 10.1 Å². The lowest BCUT2D eigenvalue weighted by Crippen LogP contribution is -2.21. The fourth-order valence-corrected chi connectivity index (χ4v) is 1.29. The number of benzene rings is 1. The van der Waals surface area contributed by atoms with Crippen molar-refractivity contribution >= 4 is 17.3 Å². The molecule has 0 spiro atoms. The summed E-state index contributed by atoms with van der Waals surface area (Å²) in [5, 5.41) is 12.4. The number of aliphatic hydroxyl groups is 1. The molecule has 0 bridgehead atoms. The summed E-state index contributed by atoms with van der Waals surface area (Å²) in [6.07, 6.45) is -0.540. The van der Waals surface area contributed by atoms with Gasteiger partial charge in [-0.25, -0.2) is 0 Å². The molecule has 1 aromatic rings. The van der Waals surface area contributed by atoms with E-state index in [0.717, 1.165) is 11.4 Å². The van der Waals surface area contributed by atoms with Crippen LogP contribution in [0.2, 0.25) is 0 Å². The Morgan fingerprint density at radius 1 is 1.47 bits per heavy atom. The van der Waals surface area contributed by atoms with Crippen molar-refractivity contribution < 1.29 is 9.84 Å². The molecule has 0 aliphatic rings. The zero-order valence-corrected chi connectivity index (χ0v) is 9.50. The zero-order valence-electron chi connectivity index (χ0n) is 8.74. The van der Waals surface area contributed by atoms with Crippen LogP contribution in [-0.4, -0.2) is 30.2 Å². The molecule has 0 saturated carbocycles. The number of nitrogens with one attached hydrogen (secondary N) is 1. The Bertz CT molecular complexity index is 294. The molecule has 4 heteroatoms. The average molecular weight is 230 g/mol. The number of anilines is 1. The van der Waals surface area contributed by atoms with Crippen LogP contribution in [0, 0.1) is 0 Å². The lowest BCUT2D eigenvalue weighted by Gasteiger charge is -2.13. The minimum atomic E-state index is -0.540. The number of aliphatic hydroxyl groups excluding tert-OH is 1. The van der Waals surface area contributed by atoms with E-state index in [2.05, 4.69) is 5.32 Å². The highest BCUT2D eigenvalue weighted by Gasteiger charge is 2.04. The molecule has 0 aliphatic heterocycles. The van der Waals surface area contributed by atoms with E-state index >= 15 is 0 Å². The summed E-state index contributed by atoms with van der Waals surface area (Å²) < 4.78 is 5.43. The van der Waals surface area contributed by atoms with Crippen LogP contribution in [0.15, 0.2) is 24.3 Å². The minimum absolute atomic E-state index is 0.226. The average Bonchev–Trinajstić information content (AvgIpc) is 2.28. The van der Waals surface area contributed by atoms with E-state index in [0.29, 0.717) is 13.2 Å². The summed E-state index contributed by atoms with van der Waals surface area (Å²) in [5.41, 5.74) is 0.878. The van der Waals surface area contributed by atoms with Crippen molar-refractivity contribution in [2.45, 2.75) is 13.0 Å². The molecule has 3 nitrogen and oxygen atoms in total. The molecule has 1 atom stereocenters. The number of ether oxygens (including phenoxy) is 1. The predicted octanol–water partition coefficient (Wildman–Crippen LogP) is 2.10. The summed E-state index contributed by atoms with van der Waals surface area (Å²) in [7, 11) is 0. The summed E-state index contributed by atoms with van der Waals surface area (Å²) in [5.74, 6) is 1.02. The molecule has 84 valence electrons. The molecular formula is C11H16ClNO2. The van der Waals surface area contributed by atoms with Gasteiger partial charge in [-0.3, -0.25) is 0 Å². The van der Waals surface area contributed by atoms with Crippen molar-refractivity contribution in [3.63, 3.8) is 0 Å². The molecule has 0 aliphatic carbocycles. The van der Waals surface area contributed by atoms with Gasteiger partial charge in [0.05, 0.1) is 24.3 Å². The third-order valence-electron chi connectivity index (χ3n) is 1.89. The number of alkyl halides is 1. The van der Waals surface area contributed by atoms with Crippen LogP contribution in [0.5, 0.6) is 5.75 Å². The van der Waals surface area contributed by atoms with Gasteiger partial charge in [0.2, 0.25) is 0 Å². The maximum Gasteiger partial charge on any atom is 0.142 e. The predicted molar refractivity (Wildman–Crippen MR) is 62.8 cm³/mol. The number of hydrogen-bond acceptors (Lipinski definition) is 3. The number of rotatable bonds is 6. The van der Waals surface area contributed by atoms with Gasteiger partial charge in [0.25, 0.3) is 0 Å². The Morgan fingerprint density at radius 3 is 2.87 bits per heavy atom. The van der Waals surface area contributed by atoms with Gasteiger partial charge in [-0.2, -0.15) is 0 Å². The number of halogens is 1. The molecule has 0 radical (unpaired) electrons. The van der Waals surface area contributed by atoms with Gasteiger partial charge >= 0.3 is 0 Å². The van der Waals surface area contributed by atoms with E-state index in [1.807, 2.05) is 31.2 Å². The van der Waals surface area contributed by atoms with Crippen molar-refractivity contribution in [1.29, 1.82) is 0 Å².